The molecule has 30 heavy (non-hydrogen) atoms. The average Bonchev–Trinajstić information content (AvgIpc) is 3.39. The van der Waals surface area contributed by atoms with Gasteiger partial charge in [-0.3, -0.25) is 4.79 Å². The van der Waals surface area contributed by atoms with E-state index in [4.69, 9.17) is 5.73 Å². The first-order valence-electron chi connectivity index (χ1n) is 9.44. The number of para-hydroxylation sites is 2. The van der Waals surface area contributed by atoms with Gasteiger partial charge in [-0.05, 0) is 25.0 Å². The summed E-state index contributed by atoms with van der Waals surface area (Å²) in [5, 5.41) is 20.5. The minimum absolute atomic E-state index is 0.177. The number of aromatic carboxylic acids is 1. The van der Waals surface area contributed by atoms with Crippen LogP contribution in [0.2, 0.25) is 0 Å². The van der Waals surface area contributed by atoms with Gasteiger partial charge in [-0.25, -0.2) is 9.78 Å². The second-order valence-electron chi connectivity index (χ2n) is 6.96. The molecular weight excluding hydrogens is 422 g/mol. The molecule has 1 aromatic carbocycles. The normalized spacial score (nSPS) is 14.5. The number of nitrogens with one attached hydrogen (secondary N) is 2. The first-order chi connectivity index (χ1) is 14.5. The van der Waals surface area contributed by atoms with Crippen LogP contribution < -0.4 is 21.3 Å². The minimum Gasteiger partial charge on any atom is -0.478 e. The van der Waals surface area contributed by atoms with Gasteiger partial charge < -0.3 is 26.4 Å². The number of rotatable bonds is 6. The molecule has 1 aliphatic heterocycles. The van der Waals surface area contributed by atoms with Gasteiger partial charge in [0, 0.05) is 35.3 Å². The summed E-state index contributed by atoms with van der Waals surface area (Å²) in [6, 6.07) is 7.93. The number of benzene rings is 1. The highest BCUT2D eigenvalue weighted by Crippen LogP contribution is 2.30. The van der Waals surface area contributed by atoms with Gasteiger partial charge in [0.1, 0.15) is 5.69 Å². The van der Waals surface area contributed by atoms with E-state index >= 15 is 0 Å². The number of piperidine rings is 1. The van der Waals surface area contributed by atoms with Gasteiger partial charge in [-0.2, -0.15) is 0 Å². The number of carboxylic acids is 1. The number of anilines is 4. The fourth-order valence-electron chi connectivity index (χ4n) is 3.29. The van der Waals surface area contributed by atoms with Crippen LogP contribution in [0, 0.1) is 0 Å². The summed E-state index contributed by atoms with van der Waals surface area (Å²) in [6.45, 7) is 1.71. The molecule has 1 saturated heterocycles. The van der Waals surface area contributed by atoms with Crippen molar-refractivity contribution in [1.29, 1.82) is 0 Å². The Labute approximate surface area is 181 Å². The number of hydrogen-bond acceptors (Lipinski definition) is 8. The molecule has 0 unspecified atom stereocenters. The van der Waals surface area contributed by atoms with E-state index in [9.17, 15) is 14.7 Å². The van der Waals surface area contributed by atoms with Gasteiger partial charge in [0.05, 0.1) is 22.6 Å². The van der Waals surface area contributed by atoms with Gasteiger partial charge >= 0.3 is 5.97 Å². The molecule has 1 aliphatic rings. The van der Waals surface area contributed by atoms with Gasteiger partial charge in [-0.1, -0.05) is 12.1 Å². The van der Waals surface area contributed by atoms with Gasteiger partial charge in [0.15, 0.2) is 5.13 Å². The maximum absolute atomic E-state index is 12.8. The summed E-state index contributed by atoms with van der Waals surface area (Å²) >= 11 is 2.53. The van der Waals surface area contributed by atoms with Crippen molar-refractivity contribution in [2.24, 2.45) is 5.73 Å². The lowest BCUT2D eigenvalue weighted by atomic mass is 10.0. The zero-order valence-electron chi connectivity index (χ0n) is 16.0. The Morgan fingerprint density at radius 3 is 2.67 bits per heavy atom. The Bertz CT molecular complexity index is 1060. The van der Waals surface area contributed by atoms with E-state index in [1.807, 2.05) is 24.3 Å². The molecular formula is C20H21N5O3S2. The number of nitrogens with zero attached hydrogens (tertiary/aromatic N) is 2. The monoisotopic (exact) mass is 443 g/mol. The molecule has 0 spiro atoms. The topological polar surface area (TPSA) is 121 Å². The van der Waals surface area contributed by atoms with Crippen LogP contribution in [0.5, 0.6) is 0 Å². The summed E-state index contributed by atoms with van der Waals surface area (Å²) in [4.78, 5) is 30.6. The maximum atomic E-state index is 12.8. The van der Waals surface area contributed by atoms with Crippen LogP contribution in [0.1, 0.15) is 33.7 Å². The predicted octanol–water partition coefficient (Wildman–Crippen LogP) is 3.83. The van der Waals surface area contributed by atoms with E-state index in [0.717, 1.165) is 37.3 Å². The summed E-state index contributed by atoms with van der Waals surface area (Å²) in [7, 11) is 0. The maximum Gasteiger partial charge on any atom is 0.338 e. The number of hydrogen-bond donors (Lipinski definition) is 4. The predicted molar refractivity (Wildman–Crippen MR) is 120 cm³/mol. The molecule has 0 saturated carbocycles. The first kappa shape index (κ1) is 20.3. The van der Waals surface area contributed by atoms with Crippen LogP contribution in [0.3, 0.4) is 0 Å². The molecule has 1 amide bonds. The summed E-state index contributed by atoms with van der Waals surface area (Å²) in [5.41, 5.74) is 8.61. The summed E-state index contributed by atoms with van der Waals surface area (Å²) in [5.74, 6) is -1.33. The molecule has 2 aromatic heterocycles. The number of nitrogens with two attached hydrogens (primary N) is 1. The lowest BCUT2D eigenvalue weighted by molar-refractivity contribution is 0.0698. The molecule has 3 aromatic rings. The number of carbonyl (C=O) groups is 2. The Hall–Kier alpha value is -2.95. The quantitative estimate of drug-likeness (QED) is 0.457. The Morgan fingerprint density at radius 2 is 1.90 bits per heavy atom. The lowest BCUT2D eigenvalue weighted by Crippen LogP contribution is -2.40. The minimum atomic E-state index is -1.01. The van der Waals surface area contributed by atoms with Crippen LogP contribution >= 0.6 is 22.7 Å². The highest BCUT2D eigenvalue weighted by molar-refractivity contribution is 7.14. The van der Waals surface area contributed by atoms with E-state index in [2.05, 4.69) is 20.5 Å². The molecule has 0 radical (unpaired) electrons. The second-order valence-corrected chi connectivity index (χ2v) is 8.56. The third-order valence-electron chi connectivity index (χ3n) is 4.90. The molecule has 1 fully saturated rings. The zero-order valence-corrected chi connectivity index (χ0v) is 17.6. The van der Waals surface area contributed by atoms with Crippen LogP contribution in [0.25, 0.3) is 0 Å². The Balaban J connectivity index is 1.46. The van der Waals surface area contributed by atoms with E-state index in [0.29, 0.717) is 10.8 Å². The molecule has 0 bridgehead atoms. The zero-order chi connectivity index (χ0) is 21.1. The fraction of sp³-hybridized carbons (Fsp3) is 0.250. The first-order valence-corrected chi connectivity index (χ1v) is 11.3. The Morgan fingerprint density at radius 1 is 1.13 bits per heavy atom. The van der Waals surface area contributed by atoms with Crippen molar-refractivity contribution in [3.8, 4) is 0 Å². The highest BCUT2D eigenvalue weighted by Gasteiger charge is 2.20. The smallest absolute Gasteiger partial charge is 0.338 e. The van der Waals surface area contributed by atoms with E-state index < -0.39 is 5.97 Å². The van der Waals surface area contributed by atoms with E-state index in [1.165, 1.54) is 22.7 Å². The number of thiophene rings is 1. The van der Waals surface area contributed by atoms with Crippen LogP contribution in [-0.2, 0) is 0 Å². The van der Waals surface area contributed by atoms with Crippen molar-refractivity contribution < 1.29 is 14.7 Å². The molecule has 0 atom stereocenters. The number of carbonyl (C=O) groups excluding carboxylic acids is 1. The van der Waals surface area contributed by atoms with Crippen LogP contribution in [-0.4, -0.2) is 41.1 Å². The number of carboxylic acid groups (broad SMARTS) is 1. The molecule has 4 rings (SSSR count). The highest BCUT2D eigenvalue weighted by atomic mass is 32.1. The molecule has 0 aliphatic carbocycles. The number of aromatic nitrogens is 1. The van der Waals surface area contributed by atoms with Crippen molar-refractivity contribution >= 4 is 56.7 Å². The third kappa shape index (κ3) is 4.45. The largest absolute Gasteiger partial charge is 0.478 e. The number of amides is 1. The van der Waals surface area contributed by atoms with Gasteiger partial charge in [0.25, 0.3) is 5.91 Å². The van der Waals surface area contributed by atoms with E-state index in [-0.39, 0.29) is 23.2 Å². The van der Waals surface area contributed by atoms with Crippen molar-refractivity contribution in [3.05, 3.63) is 51.7 Å². The fourth-order valence-corrected chi connectivity index (χ4v) is 4.75. The molecule has 5 N–H and O–H groups in total. The molecule has 8 nitrogen and oxygen atoms in total. The van der Waals surface area contributed by atoms with Gasteiger partial charge in [0.2, 0.25) is 0 Å². The number of thiazole rings is 1. The summed E-state index contributed by atoms with van der Waals surface area (Å²) < 4.78 is 0. The van der Waals surface area contributed by atoms with Gasteiger partial charge in [-0.15, -0.1) is 22.7 Å². The third-order valence-corrected chi connectivity index (χ3v) is 6.40. The molecule has 10 heteroatoms. The summed E-state index contributed by atoms with van der Waals surface area (Å²) in [6.07, 6.45) is 1.84. The molecule has 3 heterocycles. The Kier molecular flexibility index (Phi) is 5.98. The van der Waals surface area contributed by atoms with Crippen molar-refractivity contribution in [2.75, 3.05) is 28.6 Å². The van der Waals surface area contributed by atoms with Crippen molar-refractivity contribution in [2.45, 2.75) is 18.9 Å². The van der Waals surface area contributed by atoms with Crippen LogP contribution in [0.4, 0.5) is 22.2 Å². The van der Waals surface area contributed by atoms with Crippen LogP contribution in [0.15, 0.2) is 40.4 Å². The average molecular weight is 444 g/mol. The lowest BCUT2D eigenvalue weighted by Gasteiger charge is -2.33. The SMILES string of the molecule is NC1CCN(c2ccccc2NC(=O)c2csc(Nc3cscc3C(=O)O)n2)CC1. The van der Waals surface area contributed by atoms with Crippen molar-refractivity contribution in [3.63, 3.8) is 0 Å². The molecule has 156 valence electrons. The second kappa shape index (κ2) is 8.82. The van der Waals surface area contributed by atoms with E-state index in [1.54, 1.807) is 16.1 Å². The standard InChI is InChI=1S/C20H21N5O3S2/c21-12-5-7-25(8-6-12)17-4-2-1-3-14(17)22-18(26)16-11-30-20(24-16)23-15-10-29-9-13(15)19(27)28/h1-4,9-12H,5-8,21H2,(H,22,26)(H,23,24)(H,27,28). The van der Waals surface area contributed by atoms with Crippen molar-refractivity contribution in [1.82, 2.24) is 4.98 Å².